The molecule has 78 heavy (non-hydrogen) atoms. The Bertz CT molecular complexity index is 3310. The molecule has 6 unspecified atom stereocenters. The SMILES string of the molecule is CC(=O)CNCC#Cc1cn(C2CC(OCN=[N+]=[N-])C(CO)O2)c2nc(N)[nH]c(=O)c12.CSCOC1CC(n2cc(C#CCNCC(C)=O)c3c(=O)[nH]c(N)nc32)OC1CO[Si](c1ccccc1)(c1ccccc1)C(C)(C)C. The van der Waals surface area contributed by atoms with Crippen LogP contribution in [0.25, 0.3) is 32.5 Å². The van der Waals surface area contributed by atoms with E-state index in [0.717, 1.165) is 0 Å². The van der Waals surface area contributed by atoms with Crippen molar-refractivity contribution in [2.75, 3.05) is 69.8 Å². The molecule has 6 heterocycles. The van der Waals surface area contributed by atoms with Gasteiger partial charge in [-0.25, -0.2) is 0 Å². The maximum atomic E-state index is 13.1. The third kappa shape index (κ3) is 13.9. The highest BCUT2D eigenvalue weighted by atomic mass is 32.2. The summed E-state index contributed by atoms with van der Waals surface area (Å²) < 4.78 is 35.1. The Morgan fingerprint density at radius 1 is 0.833 bits per heavy atom. The number of rotatable bonds is 20. The van der Waals surface area contributed by atoms with Crippen LogP contribution in [0.3, 0.4) is 0 Å². The number of thioether (sulfide) groups is 1. The number of azide groups is 1. The lowest BCUT2D eigenvalue weighted by atomic mass is 10.2. The van der Waals surface area contributed by atoms with Crippen LogP contribution >= 0.6 is 11.8 Å². The topological polar surface area (TPSA) is 327 Å². The number of aromatic amines is 2. The van der Waals surface area contributed by atoms with Crippen molar-refractivity contribution < 1.29 is 38.1 Å². The molecule has 0 radical (unpaired) electrons. The van der Waals surface area contributed by atoms with Crippen LogP contribution in [0.1, 0.15) is 71.0 Å². The quantitative estimate of drug-likeness (QED) is 0.0110. The van der Waals surface area contributed by atoms with E-state index in [2.05, 4.69) is 134 Å². The molecular formula is C53H65N13O10SSi. The number of H-pyrrole nitrogens is 2. The monoisotopic (exact) mass is 1100 g/mol. The van der Waals surface area contributed by atoms with Gasteiger partial charge < -0.3 is 49.1 Å². The number of nitrogen functional groups attached to an aromatic ring is 2. The van der Waals surface area contributed by atoms with Gasteiger partial charge in [0.15, 0.2) is 11.3 Å². The normalized spacial score (nSPS) is 19.1. The average molecular weight is 1100 g/mol. The number of aliphatic hydroxyl groups is 1. The van der Waals surface area contributed by atoms with Gasteiger partial charge in [-0.1, -0.05) is 110 Å². The van der Waals surface area contributed by atoms with E-state index >= 15 is 0 Å². The van der Waals surface area contributed by atoms with Crippen LogP contribution in [0.2, 0.25) is 5.04 Å². The summed E-state index contributed by atoms with van der Waals surface area (Å²) in [6.07, 6.45) is 3.28. The lowest BCUT2D eigenvalue weighted by molar-refractivity contribution is -0.117. The highest BCUT2D eigenvalue weighted by Gasteiger charge is 2.51. The summed E-state index contributed by atoms with van der Waals surface area (Å²) in [7, 11) is -2.83. The summed E-state index contributed by atoms with van der Waals surface area (Å²) in [6, 6.07) is 21.0. The van der Waals surface area contributed by atoms with E-state index in [-0.39, 0.29) is 84.2 Å². The summed E-state index contributed by atoms with van der Waals surface area (Å²) in [5, 5.41) is 21.5. The van der Waals surface area contributed by atoms with Crippen molar-refractivity contribution in [1.82, 2.24) is 39.7 Å². The third-order valence-electron chi connectivity index (χ3n) is 12.9. The van der Waals surface area contributed by atoms with Gasteiger partial charge in [0, 0.05) is 30.1 Å². The number of Topliss-reactive ketones (excluding diaryl/α,β-unsaturated/α-hetero) is 2. The molecule has 0 bridgehead atoms. The first-order valence-electron chi connectivity index (χ1n) is 25.1. The number of nitrogens with one attached hydrogen (secondary N) is 4. The second kappa shape index (κ2) is 27.0. The molecule has 23 nitrogen and oxygen atoms in total. The fourth-order valence-electron chi connectivity index (χ4n) is 9.54. The van der Waals surface area contributed by atoms with Gasteiger partial charge in [0.05, 0.1) is 79.4 Å². The molecule has 2 aliphatic heterocycles. The Balaban J connectivity index is 0.000000246. The van der Waals surface area contributed by atoms with Gasteiger partial charge in [0.25, 0.3) is 19.4 Å². The fourth-order valence-corrected chi connectivity index (χ4v) is 14.4. The van der Waals surface area contributed by atoms with E-state index < -0.39 is 44.6 Å². The number of anilines is 2. The maximum absolute atomic E-state index is 13.1. The van der Waals surface area contributed by atoms with Crippen LogP contribution in [0.15, 0.2) is 87.8 Å². The lowest BCUT2D eigenvalue weighted by Gasteiger charge is -2.43. The molecule has 8 rings (SSSR count). The molecule has 0 spiro atoms. The van der Waals surface area contributed by atoms with Crippen molar-refractivity contribution in [3.63, 3.8) is 0 Å². The molecule has 412 valence electrons. The van der Waals surface area contributed by atoms with Gasteiger partial charge in [0.1, 0.15) is 43.0 Å². The molecule has 2 fully saturated rings. The Hall–Kier alpha value is -7.10. The number of ketones is 2. The van der Waals surface area contributed by atoms with E-state index in [0.29, 0.717) is 54.1 Å². The molecule has 0 aliphatic carbocycles. The molecular weight excluding hydrogens is 1040 g/mol. The molecule has 25 heteroatoms. The number of aromatic nitrogens is 6. The van der Waals surface area contributed by atoms with Crippen molar-refractivity contribution in [2.45, 2.75) is 89.4 Å². The molecule has 4 aromatic heterocycles. The van der Waals surface area contributed by atoms with E-state index in [1.165, 1.54) is 24.2 Å². The molecule has 6 atom stereocenters. The smallest absolute Gasteiger partial charge is 0.263 e. The highest BCUT2D eigenvalue weighted by Crippen LogP contribution is 2.40. The minimum absolute atomic E-state index is 0.00392. The van der Waals surface area contributed by atoms with Crippen molar-refractivity contribution in [3.8, 4) is 23.7 Å². The Morgan fingerprint density at radius 3 is 1.74 bits per heavy atom. The molecule has 0 saturated carbocycles. The molecule has 9 N–H and O–H groups in total. The number of carbonyl (C=O) groups excluding carboxylic acids is 2. The van der Waals surface area contributed by atoms with Gasteiger partial charge in [-0.2, -0.15) is 9.97 Å². The summed E-state index contributed by atoms with van der Waals surface area (Å²) >= 11 is 1.60. The zero-order chi connectivity index (χ0) is 56.0. The fraction of sp³-hybridized carbons (Fsp3) is 0.434. The first kappa shape index (κ1) is 58.6. The number of fused-ring (bicyclic) bond motifs is 2. The predicted molar refractivity (Wildman–Crippen MR) is 300 cm³/mol. The van der Waals surface area contributed by atoms with Crippen LogP contribution in [0.5, 0.6) is 0 Å². The second-order valence-electron chi connectivity index (χ2n) is 19.5. The summed E-state index contributed by atoms with van der Waals surface area (Å²) in [5.41, 5.74) is 20.9. The average Bonchev–Trinajstić information content (AvgIpc) is 4.35. The molecule has 0 amide bonds. The first-order valence-corrected chi connectivity index (χ1v) is 28.4. The third-order valence-corrected chi connectivity index (χ3v) is 18.3. The van der Waals surface area contributed by atoms with Crippen molar-refractivity contribution >= 4 is 76.0 Å². The zero-order valence-corrected chi connectivity index (χ0v) is 46.1. The van der Waals surface area contributed by atoms with E-state index in [1.807, 2.05) is 23.0 Å². The second-order valence-corrected chi connectivity index (χ2v) is 24.6. The van der Waals surface area contributed by atoms with E-state index in [4.69, 9.17) is 40.4 Å². The number of hydrogen-bond donors (Lipinski definition) is 7. The number of nitrogens with two attached hydrogens (primary N) is 2. The standard InChI is InChI=1S/C35H43N5O5SSi.C18H22N8O5/c1-24(41)20-37-18-12-13-25-21-40(32-31(25)33(42)39-34(36)38-32)30-19-28(43-23-46-5)29(45-30)22-44-47(35(2,3)4,26-14-8-6-9-15-26)27-16-10-7-11-17-27;1-10(28)6-21-4-2-3-11-7-26(16-15(11)17(29)24-18(19)23-16)14-5-12(13(8-27)31-14)30-9-22-25-20/h6-11,14-17,21,28-30,37H,18-20,22-23H2,1-5H3,(H3,36,38,39,42);7,12-14,21,27H,4-6,8-9H2,1H3,(H3,19,23,24,29). The molecule has 2 aliphatic rings. The molecule has 2 saturated heterocycles. The number of hydrogen-bond acceptors (Lipinski definition) is 18. The molecule has 2 aromatic carbocycles. The largest absolute Gasteiger partial charge is 0.405 e. The molecule has 6 aromatic rings. The number of nitrogens with zero attached hydrogens (tertiary/aromatic N) is 7. The maximum Gasteiger partial charge on any atom is 0.263 e. The number of ether oxygens (including phenoxy) is 4. The number of aliphatic hydroxyl groups excluding tert-OH is 1. The number of carbonyl (C=O) groups is 2. The van der Waals surface area contributed by atoms with Crippen LogP contribution in [0.4, 0.5) is 11.9 Å². The van der Waals surface area contributed by atoms with Crippen molar-refractivity contribution in [2.24, 2.45) is 5.11 Å². The van der Waals surface area contributed by atoms with E-state index in [1.54, 1.807) is 28.7 Å². The Morgan fingerprint density at radius 2 is 1.31 bits per heavy atom. The van der Waals surface area contributed by atoms with Crippen molar-refractivity contribution in [1.29, 1.82) is 0 Å². The minimum Gasteiger partial charge on any atom is -0.405 e. The predicted octanol–water partition coefficient (Wildman–Crippen LogP) is 3.18. The van der Waals surface area contributed by atoms with Crippen LogP contribution in [-0.4, -0.2) is 137 Å². The Labute approximate surface area is 455 Å². The van der Waals surface area contributed by atoms with Gasteiger partial charge in [-0.05, 0) is 41.0 Å². The van der Waals surface area contributed by atoms with Gasteiger partial charge in [-0.15, -0.1) is 11.8 Å². The highest BCUT2D eigenvalue weighted by molar-refractivity contribution is 7.98. The first-order chi connectivity index (χ1) is 37.5. The zero-order valence-electron chi connectivity index (χ0n) is 44.3. The lowest BCUT2D eigenvalue weighted by Crippen LogP contribution is -2.67. The Kier molecular flexibility index (Phi) is 20.3. The van der Waals surface area contributed by atoms with Crippen molar-refractivity contribution in [3.05, 3.63) is 115 Å². The summed E-state index contributed by atoms with van der Waals surface area (Å²) in [5.74, 6) is 12.3. The van der Waals surface area contributed by atoms with Crippen LogP contribution in [0, 0.1) is 23.7 Å². The summed E-state index contributed by atoms with van der Waals surface area (Å²) in [6.45, 7) is 10.5. The van der Waals surface area contributed by atoms with Gasteiger partial charge in [-0.3, -0.25) is 39.8 Å². The van der Waals surface area contributed by atoms with Gasteiger partial charge >= 0.3 is 0 Å². The van der Waals surface area contributed by atoms with Crippen LogP contribution < -0.4 is 43.6 Å². The number of benzene rings is 2. The minimum atomic E-state index is -2.83. The summed E-state index contributed by atoms with van der Waals surface area (Å²) in [4.78, 5) is 64.3. The van der Waals surface area contributed by atoms with Crippen LogP contribution in [-0.2, 0) is 33.0 Å². The van der Waals surface area contributed by atoms with E-state index in [9.17, 15) is 24.3 Å². The van der Waals surface area contributed by atoms with Gasteiger partial charge in [0.2, 0.25) is 11.9 Å².